The lowest BCUT2D eigenvalue weighted by Crippen LogP contribution is -2.15. The molecule has 0 aliphatic carbocycles. The van der Waals surface area contributed by atoms with Gasteiger partial charge in [0, 0.05) is 29.7 Å². The van der Waals surface area contributed by atoms with Crippen molar-refractivity contribution in [2.45, 2.75) is 0 Å². The molecular weight excluding hydrogens is 492 g/mol. The van der Waals surface area contributed by atoms with Gasteiger partial charge in [0.2, 0.25) is 5.95 Å². The minimum absolute atomic E-state index is 0.311. The number of aromatic nitrogens is 5. The maximum Gasteiger partial charge on any atom is 0.261 e. The van der Waals surface area contributed by atoms with Crippen LogP contribution in [0.15, 0.2) is 96.0 Å². The molecule has 6 aromatic rings. The molecule has 9 nitrogen and oxygen atoms in total. The van der Waals surface area contributed by atoms with Gasteiger partial charge in [-0.15, -0.1) is 0 Å². The molecule has 0 aliphatic heterocycles. The molecule has 6 rings (SSSR count). The van der Waals surface area contributed by atoms with Gasteiger partial charge in [0.05, 0.1) is 16.8 Å². The molecular formula is C27H17F2N7O2. The van der Waals surface area contributed by atoms with Gasteiger partial charge in [-0.2, -0.15) is 5.10 Å². The van der Waals surface area contributed by atoms with Crippen LogP contribution in [0, 0.1) is 11.6 Å². The van der Waals surface area contributed by atoms with E-state index in [0.29, 0.717) is 34.4 Å². The Hall–Kier alpha value is -5.45. The van der Waals surface area contributed by atoms with Crippen LogP contribution in [0.5, 0.6) is 0 Å². The summed E-state index contributed by atoms with van der Waals surface area (Å²) in [5.74, 6) is -2.02. The van der Waals surface area contributed by atoms with Crippen LogP contribution in [0.3, 0.4) is 0 Å². The van der Waals surface area contributed by atoms with E-state index in [1.54, 1.807) is 41.0 Å². The number of fused-ring (bicyclic) bond motifs is 1. The van der Waals surface area contributed by atoms with E-state index in [2.05, 4.69) is 25.8 Å². The highest BCUT2D eigenvalue weighted by Gasteiger charge is 2.20. The second-order valence-electron chi connectivity index (χ2n) is 8.16. The number of carbonyl (C=O) groups excluding carboxylic acids is 1. The summed E-state index contributed by atoms with van der Waals surface area (Å²) in [6.07, 6.45) is 4.85. The van der Waals surface area contributed by atoms with Crippen LogP contribution in [-0.4, -0.2) is 30.6 Å². The Morgan fingerprint density at radius 1 is 0.947 bits per heavy atom. The Morgan fingerprint density at radius 3 is 2.61 bits per heavy atom. The van der Waals surface area contributed by atoms with E-state index in [-0.39, 0.29) is 0 Å². The first kappa shape index (κ1) is 23.0. The van der Waals surface area contributed by atoms with Gasteiger partial charge >= 0.3 is 0 Å². The Bertz CT molecular complexity index is 1760. The predicted octanol–water partition coefficient (Wildman–Crippen LogP) is 5.72. The molecule has 1 amide bonds. The van der Waals surface area contributed by atoms with Crippen LogP contribution >= 0.6 is 0 Å². The van der Waals surface area contributed by atoms with Crippen LogP contribution in [0.1, 0.15) is 10.4 Å². The van der Waals surface area contributed by atoms with Crippen molar-refractivity contribution < 1.29 is 18.1 Å². The van der Waals surface area contributed by atoms with E-state index in [4.69, 9.17) is 9.62 Å². The summed E-state index contributed by atoms with van der Waals surface area (Å²) in [6.45, 7) is 0. The van der Waals surface area contributed by atoms with Gasteiger partial charge in [0.25, 0.3) is 5.91 Å². The van der Waals surface area contributed by atoms with Gasteiger partial charge in [-0.05, 0) is 42.5 Å². The number of nitrogens with zero attached hydrogens (tertiary/aromatic N) is 5. The zero-order valence-electron chi connectivity index (χ0n) is 19.5. The molecule has 38 heavy (non-hydrogen) atoms. The van der Waals surface area contributed by atoms with Crippen molar-refractivity contribution in [1.82, 2.24) is 24.7 Å². The van der Waals surface area contributed by atoms with Gasteiger partial charge in [0.15, 0.2) is 5.82 Å². The fourth-order valence-corrected chi connectivity index (χ4v) is 4.06. The number of hydrogen-bond donors (Lipinski definition) is 2. The first-order valence-electron chi connectivity index (χ1n) is 11.4. The number of carbonyl (C=O) groups is 1. The zero-order valence-corrected chi connectivity index (χ0v) is 19.5. The fourth-order valence-electron chi connectivity index (χ4n) is 4.06. The summed E-state index contributed by atoms with van der Waals surface area (Å²) >= 11 is 0. The quantitative estimate of drug-likeness (QED) is 0.295. The van der Waals surface area contributed by atoms with Crippen LogP contribution in [0.25, 0.3) is 28.0 Å². The number of benzene rings is 2. The smallest absolute Gasteiger partial charge is 0.261 e. The van der Waals surface area contributed by atoms with E-state index in [0.717, 1.165) is 23.2 Å². The monoisotopic (exact) mass is 509 g/mol. The number of amides is 1. The molecule has 0 saturated carbocycles. The third-order valence-electron chi connectivity index (χ3n) is 5.71. The van der Waals surface area contributed by atoms with E-state index in [9.17, 15) is 13.6 Å². The maximum absolute atomic E-state index is 14.1. The molecule has 4 aromatic heterocycles. The van der Waals surface area contributed by atoms with Crippen molar-refractivity contribution in [2.24, 2.45) is 0 Å². The first-order chi connectivity index (χ1) is 18.6. The number of halogens is 2. The molecule has 0 aliphatic rings. The van der Waals surface area contributed by atoms with Crippen LogP contribution in [0.2, 0.25) is 0 Å². The van der Waals surface area contributed by atoms with Crippen molar-refractivity contribution in [3.8, 4) is 22.5 Å². The summed E-state index contributed by atoms with van der Waals surface area (Å²) in [4.78, 5) is 21.6. The molecule has 0 atom stereocenters. The normalized spacial score (nSPS) is 11.0. The molecule has 0 radical (unpaired) electrons. The Kier molecular flexibility index (Phi) is 5.77. The second kappa shape index (κ2) is 9.54. The largest absolute Gasteiger partial charge is 0.363 e. The number of anilines is 3. The molecule has 2 aromatic carbocycles. The molecule has 0 bridgehead atoms. The lowest BCUT2D eigenvalue weighted by atomic mass is 10.0. The standard InChI is InChI=1S/C27H17F2N7O2/c28-18-7-4-8-19(29)23(18)26(37)31-17-6-3-5-16(15-17)25-24(21-9-1-2-13-36(21)34-25)20-10-12-30-27(32-20)33-22-11-14-38-35-22/h1-15H,(H,31,37)(H,30,32,33,35). The second-order valence-corrected chi connectivity index (χ2v) is 8.16. The van der Waals surface area contributed by atoms with Crippen molar-refractivity contribution in [3.05, 3.63) is 109 Å². The minimum atomic E-state index is -0.944. The molecule has 0 spiro atoms. The minimum Gasteiger partial charge on any atom is -0.363 e. The molecule has 2 N–H and O–H groups in total. The maximum atomic E-state index is 14.1. The summed E-state index contributed by atoms with van der Waals surface area (Å²) in [6, 6.07) is 19.2. The van der Waals surface area contributed by atoms with Gasteiger partial charge in [-0.25, -0.2) is 23.3 Å². The number of hydrogen-bond acceptors (Lipinski definition) is 7. The van der Waals surface area contributed by atoms with E-state index >= 15 is 0 Å². The zero-order chi connectivity index (χ0) is 26.1. The number of nitrogens with one attached hydrogen (secondary N) is 2. The van der Waals surface area contributed by atoms with Gasteiger partial charge < -0.3 is 15.2 Å². The van der Waals surface area contributed by atoms with Crippen molar-refractivity contribution >= 4 is 28.9 Å². The number of pyridine rings is 1. The molecule has 11 heteroatoms. The average molecular weight is 509 g/mol. The highest BCUT2D eigenvalue weighted by atomic mass is 19.1. The third kappa shape index (κ3) is 4.32. The SMILES string of the molecule is O=C(Nc1cccc(-c2nn3ccccc3c2-c2ccnc(Nc3ccon3)n2)c1)c1c(F)cccc1F. The highest BCUT2D eigenvalue weighted by Crippen LogP contribution is 2.35. The highest BCUT2D eigenvalue weighted by molar-refractivity contribution is 6.05. The summed E-state index contributed by atoms with van der Waals surface area (Å²) < 4.78 is 34.8. The van der Waals surface area contributed by atoms with E-state index in [1.807, 2.05) is 30.5 Å². The summed E-state index contributed by atoms with van der Waals surface area (Å²) in [7, 11) is 0. The van der Waals surface area contributed by atoms with E-state index < -0.39 is 23.1 Å². The van der Waals surface area contributed by atoms with Gasteiger partial charge in [0.1, 0.15) is 29.2 Å². The average Bonchev–Trinajstić information content (AvgIpc) is 3.57. The number of rotatable bonds is 6. The fraction of sp³-hybridized carbons (Fsp3) is 0. The van der Waals surface area contributed by atoms with Crippen LogP contribution in [0.4, 0.5) is 26.2 Å². The van der Waals surface area contributed by atoms with Crippen molar-refractivity contribution in [3.63, 3.8) is 0 Å². The van der Waals surface area contributed by atoms with Crippen molar-refractivity contribution in [2.75, 3.05) is 10.6 Å². The van der Waals surface area contributed by atoms with Gasteiger partial charge in [-0.3, -0.25) is 4.79 Å². The Balaban J connectivity index is 1.40. The summed E-state index contributed by atoms with van der Waals surface area (Å²) in [5.41, 5.74) is 3.02. The third-order valence-corrected chi connectivity index (χ3v) is 5.71. The molecule has 4 heterocycles. The molecule has 0 fully saturated rings. The van der Waals surface area contributed by atoms with E-state index in [1.165, 1.54) is 12.3 Å². The topological polar surface area (TPSA) is 110 Å². The van der Waals surface area contributed by atoms with Crippen LogP contribution < -0.4 is 10.6 Å². The summed E-state index contributed by atoms with van der Waals surface area (Å²) in [5, 5.41) is 14.1. The first-order valence-corrected chi connectivity index (χ1v) is 11.4. The van der Waals surface area contributed by atoms with Crippen molar-refractivity contribution in [1.29, 1.82) is 0 Å². The predicted molar refractivity (Wildman–Crippen MR) is 136 cm³/mol. The molecule has 0 saturated heterocycles. The molecule has 0 unspecified atom stereocenters. The lowest BCUT2D eigenvalue weighted by Gasteiger charge is -2.09. The Morgan fingerprint density at radius 2 is 1.79 bits per heavy atom. The van der Waals surface area contributed by atoms with Crippen LogP contribution in [-0.2, 0) is 0 Å². The Labute approximate surface area is 213 Å². The lowest BCUT2D eigenvalue weighted by molar-refractivity contribution is 0.101. The molecule has 186 valence electrons. The van der Waals surface area contributed by atoms with Gasteiger partial charge in [-0.1, -0.05) is 29.4 Å².